The van der Waals surface area contributed by atoms with Crippen LogP contribution < -0.4 is 15.8 Å². The quantitative estimate of drug-likeness (QED) is 0.741. The molecule has 0 amide bonds. The Morgan fingerprint density at radius 3 is 2.78 bits per heavy atom. The van der Waals surface area contributed by atoms with Gasteiger partial charge in [0, 0.05) is 6.54 Å². The van der Waals surface area contributed by atoms with Crippen molar-refractivity contribution >= 4 is 11.5 Å². The Bertz CT molecular complexity index is 392. The molecule has 0 saturated heterocycles. The van der Waals surface area contributed by atoms with Crippen LogP contribution in [-0.2, 0) is 0 Å². The summed E-state index contributed by atoms with van der Waals surface area (Å²) in [6.07, 6.45) is 5.16. The molecule has 2 rings (SSSR count). The number of anilines is 2. The van der Waals surface area contributed by atoms with Crippen molar-refractivity contribution in [3.8, 4) is 5.88 Å². The van der Waals surface area contributed by atoms with E-state index in [1.807, 2.05) is 0 Å². The first-order valence-corrected chi connectivity index (χ1v) is 6.27. The highest BCUT2D eigenvalue weighted by Gasteiger charge is 2.19. The van der Waals surface area contributed by atoms with Crippen LogP contribution in [0.3, 0.4) is 0 Å². The maximum atomic E-state index is 9.45. The molecule has 1 aliphatic carbocycles. The molecule has 0 aliphatic heterocycles. The Balaban J connectivity index is 1.90. The van der Waals surface area contributed by atoms with Crippen molar-refractivity contribution in [1.29, 1.82) is 0 Å². The zero-order valence-corrected chi connectivity index (χ0v) is 10.6. The number of nitrogens with zero attached hydrogens (tertiary/aromatic N) is 2. The molecule has 18 heavy (non-hydrogen) atoms. The standard InChI is InChI=1S/C12H20N4O2/c1-18-12-10(13)11(15-7-16-12)14-6-8-2-4-9(17)5-3-8/h7-9,17H,2-6,13H2,1H3,(H,14,15,16). The molecule has 6 heteroatoms. The summed E-state index contributed by atoms with van der Waals surface area (Å²) in [7, 11) is 1.53. The number of nitrogen functional groups attached to an aromatic ring is 1. The van der Waals surface area contributed by atoms with Crippen LogP contribution in [0.15, 0.2) is 6.33 Å². The second kappa shape index (κ2) is 5.86. The minimum atomic E-state index is -0.120. The van der Waals surface area contributed by atoms with Crippen molar-refractivity contribution in [2.24, 2.45) is 5.92 Å². The fourth-order valence-electron chi connectivity index (χ4n) is 2.27. The predicted molar refractivity (Wildman–Crippen MR) is 69.5 cm³/mol. The van der Waals surface area contributed by atoms with Crippen LogP contribution in [0.25, 0.3) is 0 Å². The van der Waals surface area contributed by atoms with Gasteiger partial charge in [0.1, 0.15) is 12.0 Å². The Morgan fingerprint density at radius 2 is 2.11 bits per heavy atom. The fraction of sp³-hybridized carbons (Fsp3) is 0.667. The third kappa shape index (κ3) is 3.01. The number of hydrogen-bond acceptors (Lipinski definition) is 6. The lowest BCUT2D eigenvalue weighted by molar-refractivity contribution is 0.111. The second-order valence-corrected chi connectivity index (χ2v) is 4.70. The number of ether oxygens (including phenoxy) is 1. The largest absolute Gasteiger partial charge is 0.479 e. The average molecular weight is 252 g/mol. The summed E-state index contributed by atoms with van der Waals surface area (Å²) in [4.78, 5) is 8.04. The highest BCUT2D eigenvalue weighted by Crippen LogP contribution is 2.27. The number of hydrogen-bond donors (Lipinski definition) is 3. The van der Waals surface area contributed by atoms with Crippen LogP contribution >= 0.6 is 0 Å². The molecule has 6 nitrogen and oxygen atoms in total. The van der Waals surface area contributed by atoms with Crippen molar-refractivity contribution in [3.05, 3.63) is 6.33 Å². The molecule has 1 aliphatic rings. The van der Waals surface area contributed by atoms with Crippen LogP contribution in [0.2, 0.25) is 0 Å². The van der Waals surface area contributed by atoms with E-state index >= 15 is 0 Å². The van der Waals surface area contributed by atoms with Gasteiger partial charge in [-0.1, -0.05) is 0 Å². The van der Waals surface area contributed by atoms with E-state index in [4.69, 9.17) is 10.5 Å². The molecule has 100 valence electrons. The van der Waals surface area contributed by atoms with Gasteiger partial charge < -0.3 is 20.9 Å². The highest BCUT2D eigenvalue weighted by molar-refractivity contribution is 5.66. The van der Waals surface area contributed by atoms with E-state index in [0.717, 1.165) is 32.2 Å². The van der Waals surface area contributed by atoms with Crippen LogP contribution in [0.5, 0.6) is 5.88 Å². The normalized spacial score (nSPS) is 23.7. The molecule has 1 heterocycles. The molecule has 1 saturated carbocycles. The van der Waals surface area contributed by atoms with E-state index in [1.165, 1.54) is 13.4 Å². The molecule has 0 atom stereocenters. The molecule has 1 aromatic rings. The summed E-state index contributed by atoms with van der Waals surface area (Å²) in [5.74, 6) is 1.58. The summed E-state index contributed by atoms with van der Waals surface area (Å²) in [6.45, 7) is 0.817. The molecule has 4 N–H and O–H groups in total. The van der Waals surface area contributed by atoms with Crippen LogP contribution in [0.1, 0.15) is 25.7 Å². The lowest BCUT2D eigenvalue weighted by Crippen LogP contribution is -2.24. The predicted octanol–water partition coefficient (Wildman–Crippen LogP) is 1.03. The maximum Gasteiger partial charge on any atom is 0.242 e. The van der Waals surface area contributed by atoms with Gasteiger partial charge in [-0.15, -0.1) is 0 Å². The van der Waals surface area contributed by atoms with Crippen LogP contribution in [0.4, 0.5) is 11.5 Å². The Hall–Kier alpha value is -1.56. The van der Waals surface area contributed by atoms with Gasteiger partial charge >= 0.3 is 0 Å². The van der Waals surface area contributed by atoms with E-state index < -0.39 is 0 Å². The zero-order valence-electron chi connectivity index (χ0n) is 10.6. The Morgan fingerprint density at radius 1 is 1.39 bits per heavy atom. The summed E-state index contributed by atoms with van der Waals surface area (Å²) < 4.78 is 5.04. The van der Waals surface area contributed by atoms with Crippen molar-refractivity contribution < 1.29 is 9.84 Å². The van der Waals surface area contributed by atoms with Crippen molar-refractivity contribution in [2.45, 2.75) is 31.8 Å². The summed E-state index contributed by atoms with van der Waals surface area (Å²) in [6, 6.07) is 0. The Kier molecular flexibility index (Phi) is 4.19. The number of aliphatic hydroxyl groups is 1. The molecule has 0 unspecified atom stereocenters. The number of nitrogens with one attached hydrogen (secondary N) is 1. The minimum absolute atomic E-state index is 0.120. The topological polar surface area (TPSA) is 93.3 Å². The van der Waals surface area contributed by atoms with E-state index in [9.17, 15) is 5.11 Å². The molecule has 0 spiro atoms. The molecule has 0 bridgehead atoms. The van der Waals surface area contributed by atoms with Crippen molar-refractivity contribution in [3.63, 3.8) is 0 Å². The number of rotatable bonds is 4. The van der Waals surface area contributed by atoms with Gasteiger partial charge in [-0.25, -0.2) is 4.98 Å². The van der Waals surface area contributed by atoms with Gasteiger partial charge in [0.2, 0.25) is 5.88 Å². The van der Waals surface area contributed by atoms with Crippen molar-refractivity contribution in [2.75, 3.05) is 24.7 Å². The van der Waals surface area contributed by atoms with Gasteiger partial charge in [0.25, 0.3) is 0 Å². The maximum absolute atomic E-state index is 9.45. The first-order valence-electron chi connectivity index (χ1n) is 6.27. The van der Waals surface area contributed by atoms with Crippen LogP contribution in [-0.4, -0.2) is 34.8 Å². The average Bonchev–Trinajstić information content (AvgIpc) is 2.39. The second-order valence-electron chi connectivity index (χ2n) is 4.70. The van der Waals surface area contributed by atoms with Gasteiger partial charge in [-0.3, -0.25) is 0 Å². The third-order valence-corrected chi connectivity index (χ3v) is 3.42. The van der Waals surface area contributed by atoms with Gasteiger partial charge in [0.05, 0.1) is 13.2 Å². The first-order chi connectivity index (χ1) is 8.70. The van der Waals surface area contributed by atoms with E-state index in [0.29, 0.717) is 23.3 Å². The summed E-state index contributed by atoms with van der Waals surface area (Å²) in [5.41, 5.74) is 6.32. The lowest BCUT2D eigenvalue weighted by Gasteiger charge is -2.25. The molecule has 1 fully saturated rings. The van der Waals surface area contributed by atoms with Gasteiger partial charge in [-0.2, -0.15) is 4.98 Å². The summed E-state index contributed by atoms with van der Waals surface area (Å²) >= 11 is 0. The first kappa shape index (κ1) is 12.9. The summed E-state index contributed by atoms with van der Waals surface area (Å²) in [5, 5.41) is 12.7. The van der Waals surface area contributed by atoms with E-state index in [-0.39, 0.29) is 6.10 Å². The molecular weight excluding hydrogens is 232 g/mol. The monoisotopic (exact) mass is 252 g/mol. The minimum Gasteiger partial charge on any atom is -0.479 e. The van der Waals surface area contributed by atoms with Crippen LogP contribution in [0, 0.1) is 5.92 Å². The highest BCUT2D eigenvalue weighted by atomic mass is 16.5. The smallest absolute Gasteiger partial charge is 0.242 e. The number of methoxy groups -OCH3 is 1. The molecular formula is C12H20N4O2. The van der Waals surface area contributed by atoms with E-state index in [2.05, 4.69) is 15.3 Å². The fourth-order valence-corrected chi connectivity index (χ4v) is 2.27. The molecule has 0 radical (unpaired) electrons. The third-order valence-electron chi connectivity index (χ3n) is 3.42. The number of aliphatic hydroxyl groups excluding tert-OH is 1. The Labute approximate surface area is 107 Å². The van der Waals surface area contributed by atoms with E-state index in [1.54, 1.807) is 0 Å². The number of nitrogens with two attached hydrogens (primary N) is 1. The van der Waals surface area contributed by atoms with Crippen molar-refractivity contribution in [1.82, 2.24) is 9.97 Å². The SMILES string of the molecule is COc1ncnc(NCC2CCC(O)CC2)c1N. The number of aromatic nitrogens is 2. The van der Waals surface area contributed by atoms with Gasteiger partial charge in [-0.05, 0) is 31.6 Å². The molecule has 1 aromatic heterocycles. The zero-order chi connectivity index (χ0) is 13.0. The molecule has 0 aromatic carbocycles. The lowest BCUT2D eigenvalue weighted by atomic mass is 9.87. The van der Waals surface area contributed by atoms with Gasteiger partial charge in [0.15, 0.2) is 5.82 Å².